The van der Waals surface area contributed by atoms with E-state index in [4.69, 9.17) is 9.16 Å². The third-order valence-electron chi connectivity index (χ3n) is 6.25. The number of carbonyl (C=O) groups is 1. The minimum Gasteiger partial charge on any atom is -0.444 e. The molecule has 0 radical (unpaired) electrons. The zero-order valence-electron chi connectivity index (χ0n) is 20.3. The third kappa shape index (κ3) is 6.75. The van der Waals surface area contributed by atoms with Crippen LogP contribution in [0.3, 0.4) is 0 Å². The summed E-state index contributed by atoms with van der Waals surface area (Å²) in [6.07, 6.45) is -1.17. The zero-order valence-corrected chi connectivity index (χ0v) is 21.3. The van der Waals surface area contributed by atoms with Crippen LogP contribution in [0.2, 0.25) is 18.1 Å². The Morgan fingerprint density at radius 1 is 1.16 bits per heavy atom. The summed E-state index contributed by atoms with van der Waals surface area (Å²) in [5.74, 6) is -3.00. The fourth-order valence-corrected chi connectivity index (χ4v) is 4.83. The Kier molecular flexibility index (Phi) is 7.63. The molecule has 1 saturated heterocycles. The summed E-state index contributed by atoms with van der Waals surface area (Å²) in [4.78, 5) is 14.0. The van der Waals surface area contributed by atoms with Gasteiger partial charge in [0.25, 0.3) is 5.92 Å². The molecule has 1 aliphatic heterocycles. The van der Waals surface area contributed by atoms with E-state index in [0.717, 1.165) is 5.56 Å². The maximum absolute atomic E-state index is 15.2. The number of carbonyl (C=O) groups excluding carboxylic acids is 1. The molecular formula is C24H39F2NO3Si. The highest BCUT2D eigenvalue weighted by atomic mass is 28.4. The predicted molar refractivity (Wildman–Crippen MR) is 123 cm³/mol. The minimum absolute atomic E-state index is 0.0305. The first-order chi connectivity index (χ1) is 14.0. The van der Waals surface area contributed by atoms with Crippen LogP contribution < -0.4 is 0 Å². The number of hydrogen-bond acceptors (Lipinski definition) is 3. The number of benzene rings is 1. The van der Waals surface area contributed by atoms with Crippen molar-refractivity contribution in [3.8, 4) is 0 Å². The van der Waals surface area contributed by atoms with Crippen LogP contribution >= 0.6 is 0 Å². The summed E-state index contributed by atoms with van der Waals surface area (Å²) in [5, 5.41) is -0.0695. The molecule has 31 heavy (non-hydrogen) atoms. The van der Waals surface area contributed by atoms with Crippen LogP contribution in [0.4, 0.5) is 13.6 Å². The molecule has 0 aromatic heterocycles. The monoisotopic (exact) mass is 455 g/mol. The van der Waals surface area contributed by atoms with Crippen LogP contribution in [0.25, 0.3) is 0 Å². The smallest absolute Gasteiger partial charge is 0.410 e. The molecule has 2 unspecified atom stereocenters. The van der Waals surface area contributed by atoms with E-state index in [-0.39, 0.29) is 30.8 Å². The first kappa shape index (κ1) is 25.8. The van der Waals surface area contributed by atoms with Gasteiger partial charge in [-0.3, -0.25) is 4.90 Å². The van der Waals surface area contributed by atoms with Crippen molar-refractivity contribution in [3.63, 3.8) is 0 Å². The molecule has 1 heterocycles. The maximum atomic E-state index is 15.2. The number of piperidine rings is 1. The van der Waals surface area contributed by atoms with E-state index in [1.54, 1.807) is 20.8 Å². The van der Waals surface area contributed by atoms with Crippen molar-refractivity contribution in [2.75, 3.05) is 6.54 Å². The van der Waals surface area contributed by atoms with Gasteiger partial charge in [0.2, 0.25) is 0 Å². The lowest BCUT2D eigenvalue weighted by atomic mass is 9.91. The topological polar surface area (TPSA) is 38.8 Å². The molecule has 7 heteroatoms. The molecule has 176 valence electrons. The number of likely N-dealkylation sites (tertiary alicyclic amines) is 1. The quantitative estimate of drug-likeness (QED) is 0.442. The van der Waals surface area contributed by atoms with E-state index in [0.29, 0.717) is 0 Å². The Balaban J connectivity index is 2.39. The normalized spacial score (nSPS) is 21.0. The molecule has 0 saturated carbocycles. The van der Waals surface area contributed by atoms with Crippen LogP contribution in [0.15, 0.2) is 30.3 Å². The summed E-state index contributed by atoms with van der Waals surface area (Å²) < 4.78 is 42.4. The Morgan fingerprint density at radius 3 is 2.26 bits per heavy atom. The van der Waals surface area contributed by atoms with Crippen molar-refractivity contribution in [2.24, 2.45) is 0 Å². The van der Waals surface area contributed by atoms with Crippen molar-refractivity contribution in [3.05, 3.63) is 35.9 Å². The van der Waals surface area contributed by atoms with E-state index in [1.165, 1.54) is 4.90 Å². The number of ether oxygens (including phenoxy) is 1. The summed E-state index contributed by atoms with van der Waals surface area (Å²) in [7, 11) is -2.25. The molecule has 1 aliphatic rings. The van der Waals surface area contributed by atoms with Crippen LogP contribution in [-0.4, -0.2) is 43.4 Å². The molecule has 1 aromatic rings. The van der Waals surface area contributed by atoms with E-state index < -0.39 is 38.1 Å². The Hall–Kier alpha value is -1.47. The summed E-state index contributed by atoms with van der Waals surface area (Å²) >= 11 is 0. The molecule has 0 aliphatic carbocycles. The van der Waals surface area contributed by atoms with E-state index in [1.807, 2.05) is 30.3 Å². The predicted octanol–water partition coefficient (Wildman–Crippen LogP) is 7.17. The number of alkyl halides is 2. The van der Waals surface area contributed by atoms with E-state index in [9.17, 15) is 4.79 Å². The molecule has 1 aromatic carbocycles. The van der Waals surface area contributed by atoms with Crippen molar-refractivity contribution >= 4 is 14.4 Å². The highest BCUT2D eigenvalue weighted by molar-refractivity contribution is 6.74. The van der Waals surface area contributed by atoms with E-state index >= 15 is 8.78 Å². The second-order valence-electron chi connectivity index (χ2n) is 11.1. The van der Waals surface area contributed by atoms with Crippen LogP contribution in [0, 0.1) is 0 Å². The molecule has 0 spiro atoms. The van der Waals surface area contributed by atoms with Crippen molar-refractivity contribution < 1.29 is 22.7 Å². The number of amides is 1. The van der Waals surface area contributed by atoms with Crippen LogP contribution in [0.5, 0.6) is 0 Å². The Morgan fingerprint density at radius 2 is 1.74 bits per heavy atom. The Bertz CT molecular complexity index is 741. The highest BCUT2D eigenvalue weighted by Gasteiger charge is 2.50. The number of rotatable bonds is 5. The van der Waals surface area contributed by atoms with Crippen molar-refractivity contribution in [1.29, 1.82) is 0 Å². The molecule has 1 fully saturated rings. The van der Waals surface area contributed by atoms with Gasteiger partial charge in [-0.2, -0.15) is 0 Å². The average molecular weight is 456 g/mol. The first-order valence-corrected chi connectivity index (χ1v) is 14.0. The van der Waals surface area contributed by atoms with Crippen LogP contribution in [0.1, 0.15) is 72.5 Å². The second kappa shape index (κ2) is 9.18. The van der Waals surface area contributed by atoms with Gasteiger partial charge in [0, 0.05) is 19.4 Å². The summed E-state index contributed by atoms with van der Waals surface area (Å²) in [5.41, 5.74) is 0.114. The average Bonchev–Trinajstić information content (AvgIpc) is 2.60. The standard InChI is InChI=1S/C24H39F2NO3Si/c1-22(2,3)29-21(28)27-16-12-15-24(25,26)20(27)17-19(18-13-10-9-11-14-18)30-31(7,8)23(4,5)6/h9-11,13-14,19-20H,12,15-17H2,1-8H3. The van der Waals surface area contributed by atoms with Crippen molar-refractivity contribution in [1.82, 2.24) is 4.90 Å². The lowest BCUT2D eigenvalue weighted by Crippen LogP contribution is -2.56. The lowest BCUT2D eigenvalue weighted by Gasteiger charge is -2.45. The number of nitrogens with zero attached hydrogens (tertiary/aromatic N) is 1. The second-order valence-corrected chi connectivity index (χ2v) is 15.8. The maximum Gasteiger partial charge on any atom is 0.410 e. The molecule has 2 rings (SSSR count). The molecule has 4 nitrogen and oxygen atoms in total. The van der Waals surface area contributed by atoms with Gasteiger partial charge in [-0.1, -0.05) is 51.1 Å². The Labute approximate surface area is 187 Å². The third-order valence-corrected chi connectivity index (χ3v) is 10.7. The lowest BCUT2D eigenvalue weighted by molar-refractivity contribution is -0.122. The SMILES string of the molecule is CC(C)(C)OC(=O)N1CCCC(F)(F)C1CC(O[Si](C)(C)C(C)(C)C)c1ccccc1. The minimum atomic E-state index is -3.00. The molecule has 0 N–H and O–H groups in total. The molecule has 1 amide bonds. The summed E-state index contributed by atoms with van der Waals surface area (Å²) in [6.45, 7) is 16.1. The van der Waals surface area contributed by atoms with Gasteiger partial charge < -0.3 is 9.16 Å². The van der Waals surface area contributed by atoms with Gasteiger partial charge in [0.15, 0.2) is 8.32 Å². The highest BCUT2D eigenvalue weighted by Crippen LogP contribution is 2.44. The van der Waals surface area contributed by atoms with Gasteiger partial charge in [-0.05, 0) is 50.9 Å². The number of halogens is 2. The summed E-state index contributed by atoms with van der Waals surface area (Å²) in [6, 6.07) is 8.23. The fraction of sp³-hybridized carbons (Fsp3) is 0.708. The fourth-order valence-electron chi connectivity index (χ4n) is 3.53. The zero-order chi connectivity index (χ0) is 23.7. The molecule has 2 atom stereocenters. The van der Waals surface area contributed by atoms with Gasteiger partial charge in [0.1, 0.15) is 11.6 Å². The van der Waals surface area contributed by atoms with Gasteiger partial charge in [0.05, 0.1) is 6.10 Å². The number of hydrogen-bond donors (Lipinski definition) is 0. The van der Waals surface area contributed by atoms with Gasteiger partial charge in [-0.25, -0.2) is 13.6 Å². The molecular weight excluding hydrogens is 416 g/mol. The van der Waals surface area contributed by atoms with Gasteiger partial charge >= 0.3 is 6.09 Å². The van der Waals surface area contributed by atoms with Gasteiger partial charge in [-0.15, -0.1) is 0 Å². The van der Waals surface area contributed by atoms with E-state index in [2.05, 4.69) is 33.9 Å². The van der Waals surface area contributed by atoms with Crippen LogP contribution in [-0.2, 0) is 9.16 Å². The largest absolute Gasteiger partial charge is 0.444 e. The molecule has 0 bridgehead atoms. The first-order valence-electron chi connectivity index (χ1n) is 11.1. The van der Waals surface area contributed by atoms with Crippen molar-refractivity contribution in [2.45, 2.75) is 103 Å².